The third kappa shape index (κ3) is 2.96. The van der Waals surface area contributed by atoms with Gasteiger partial charge in [-0.15, -0.1) is 0 Å². The molecule has 0 aliphatic heterocycles. The van der Waals surface area contributed by atoms with Crippen molar-refractivity contribution in [2.24, 2.45) is 0 Å². The number of pyridine rings is 1. The highest BCUT2D eigenvalue weighted by Crippen LogP contribution is 2.23. The highest BCUT2D eigenvalue weighted by atomic mass is 14.9. The Hall–Kier alpha value is -1.67. The van der Waals surface area contributed by atoms with Crippen molar-refractivity contribution >= 4 is 0 Å². The molecular weight excluding hydrogens is 220 g/mol. The molecule has 18 heavy (non-hydrogen) atoms. The Morgan fingerprint density at radius 1 is 1.17 bits per heavy atom. The topological polar surface area (TPSA) is 24.9 Å². The van der Waals surface area contributed by atoms with Crippen LogP contribution in [-0.4, -0.2) is 11.5 Å². The van der Waals surface area contributed by atoms with Gasteiger partial charge < -0.3 is 5.32 Å². The smallest absolute Gasteiger partial charge is 0.0580 e. The molecular formula is C16H20N2. The van der Waals surface area contributed by atoms with Gasteiger partial charge in [-0.1, -0.05) is 37.3 Å². The number of benzene rings is 1. The van der Waals surface area contributed by atoms with Crippen molar-refractivity contribution in [1.82, 2.24) is 10.3 Å². The molecule has 2 nitrogen and oxygen atoms in total. The van der Waals surface area contributed by atoms with Gasteiger partial charge in [0.15, 0.2) is 0 Å². The van der Waals surface area contributed by atoms with Crippen LogP contribution in [0.25, 0.3) is 0 Å². The molecule has 0 saturated carbocycles. The standard InChI is InChI=1S/C16H20N2/c1-3-10-18-16(14-7-5-4-6-8-14)15-9-11-17-12-13(15)2/h4-9,11-12,16,18H,3,10H2,1-2H3. The van der Waals surface area contributed by atoms with Gasteiger partial charge in [-0.3, -0.25) is 4.98 Å². The number of aromatic nitrogens is 1. The second-order valence-electron chi connectivity index (χ2n) is 4.53. The van der Waals surface area contributed by atoms with Crippen LogP contribution in [0.1, 0.15) is 36.1 Å². The van der Waals surface area contributed by atoms with Gasteiger partial charge in [-0.2, -0.15) is 0 Å². The van der Waals surface area contributed by atoms with Crippen molar-refractivity contribution in [3.8, 4) is 0 Å². The van der Waals surface area contributed by atoms with Crippen LogP contribution < -0.4 is 5.32 Å². The number of rotatable bonds is 5. The van der Waals surface area contributed by atoms with Crippen molar-refractivity contribution in [3.05, 3.63) is 65.5 Å². The van der Waals surface area contributed by atoms with Gasteiger partial charge in [-0.25, -0.2) is 0 Å². The first-order chi connectivity index (χ1) is 8.83. The average Bonchev–Trinajstić information content (AvgIpc) is 2.42. The maximum Gasteiger partial charge on any atom is 0.0580 e. The first-order valence-corrected chi connectivity index (χ1v) is 6.51. The Labute approximate surface area is 109 Å². The summed E-state index contributed by atoms with van der Waals surface area (Å²) >= 11 is 0. The summed E-state index contributed by atoms with van der Waals surface area (Å²) in [5, 5.41) is 3.62. The van der Waals surface area contributed by atoms with Crippen LogP contribution >= 0.6 is 0 Å². The van der Waals surface area contributed by atoms with Gasteiger partial charge >= 0.3 is 0 Å². The summed E-state index contributed by atoms with van der Waals surface area (Å²) in [5.41, 5.74) is 3.85. The lowest BCUT2D eigenvalue weighted by molar-refractivity contribution is 0.595. The molecule has 1 heterocycles. The highest BCUT2D eigenvalue weighted by Gasteiger charge is 2.14. The summed E-state index contributed by atoms with van der Waals surface area (Å²) in [6, 6.07) is 12.9. The average molecular weight is 240 g/mol. The van der Waals surface area contributed by atoms with Crippen LogP contribution in [0.15, 0.2) is 48.8 Å². The minimum Gasteiger partial charge on any atom is -0.306 e. The quantitative estimate of drug-likeness (QED) is 0.865. The number of hydrogen-bond donors (Lipinski definition) is 1. The zero-order valence-electron chi connectivity index (χ0n) is 11.1. The van der Waals surface area contributed by atoms with Crippen LogP contribution in [0.5, 0.6) is 0 Å². The predicted octanol–water partition coefficient (Wildman–Crippen LogP) is 3.48. The zero-order valence-corrected chi connectivity index (χ0v) is 11.1. The van der Waals surface area contributed by atoms with E-state index in [0.717, 1.165) is 13.0 Å². The molecule has 1 aromatic heterocycles. The van der Waals surface area contributed by atoms with Crippen LogP contribution in [0.2, 0.25) is 0 Å². The van der Waals surface area contributed by atoms with Crippen LogP contribution in [0.3, 0.4) is 0 Å². The number of nitrogens with one attached hydrogen (secondary N) is 1. The van der Waals surface area contributed by atoms with Gasteiger partial charge in [0, 0.05) is 12.4 Å². The molecule has 2 aromatic rings. The molecule has 0 radical (unpaired) electrons. The predicted molar refractivity (Wildman–Crippen MR) is 75.6 cm³/mol. The fraction of sp³-hybridized carbons (Fsp3) is 0.312. The molecule has 0 aliphatic rings. The van der Waals surface area contributed by atoms with Gasteiger partial charge in [0.05, 0.1) is 6.04 Å². The Morgan fingerprint density at radius 3 is 2.61 bits per heavy atom. The lowest BCUT2D eigenvalue weighted by atomic mass is 9.96. The summed E-state index contributed by atoms with van der Waals surface area (Å²) in [6.07, 6.45) is 4.93. The summed E-state index contributed by atoms with van der Waals surface area (Å²) in [7, 11) is 0. The number of aryl methyl sites for hydroxylation is 1. The van der Waals surface area contributed by atoms with E-state index in [1.807, 2.05) is 12.4 Å². The molecule has 0 spiro atoms. The van der Waals surface area contributed by atoms with E-state index in [1.54, 1.807) is 0 Å². The van der Waals surface area contributed by atoms with E-state index in [4.69, 9.17) is 0 Å². The van der Waals surface area contributed by atoms with E-state index in [0.29, 0.717) is 0 Å². The third-order valence-corrected chi connectivity index (χ3v) is 3.11. The lowest BCUT2D eigenvalue weighted by Gasteiger charge is -2.21. The maximum atomic E-state index is 4.17. The van der Waals surface area contributed by atoms with Crippen molar-refractivity contribution in [2.75, 3.05) is 6.54 Å². The maximum absolute atomic E-state index is 4.17. The van der Waals surface area contributed by atoms with Crippen molar-refractivity contribution in [2.45, 2.75) is 26.3 Å². The van der Waals surface area contributed by atoms with E-state index >= 15 is 0 Å². The minimum atomic E-state index is 0.258. The molecule has 0 bridgehead atoms. The van der Waals surface area contributed by atoms with E-state index in [9.17, 15) is 0 Å². The molecule has 1 aromatic carbocycles. The van der Waals surface area contributed by atoms with Crippen LogP contribution in [0, 0.1) is 6.92 Å². The Balaban J connectivity index is 2.34. The van der Waals surface area contributed by atoms with Gasteiger partial charge in [0.25, 0.3) is 0 Å². The second-order valence-corrected chi connectivity index (χ2v) is 4.53. The summed E-state index contributed by atoms with van der Waals surface area (Å²) in [5.74, 6) is 0. The lowest BCUT2D eigenvalue weighted by Crippen LogP contribution is -2.23. The molecule has 1 atom stereocenters. The van der Waals surface area contributed by atoms with E-state index in [1.165, 1.54) is 16.7 Å². The van der Waals surface area contributed by atoms with Crippen LogP contribution in [0.4, 0.5) is 0 Å². The molecule has 0 saturated heterocycles. The fourth-order valence-electron chi connectivity index (χ4n) is 2.15. The number of nitrogens with zero attached hydrogens (tertiary/aromatic N) is 1. The number of hydrogen-bond acceptors (Lipinski definition) is 2. The van der Waals surface area contributed by atoms with Gasteiger partial charge in [-0.05, 0) is 42.6 Å². The molecule has 2 rings (SSSR count). The fourth-order valence-corrected chi connectivity index (χ4v) is 2.15. The summed E-state index contributed by atoms with van der Waals surface area (Å²) in [4.78, 5) is 4.17. The molecule has 0 aliphatic carbocycles. The van der Waals surface area contributed by atoms with E-state index < -0.39 is 0 Å². The monoisotopic (exact) mass is 240 g/mol. The molecule has 0 fully saturated rings. The first kappa shape index (κ1) is 12.8. The van der Waals surface area contributed by atoms with Gasteiger partial charge in [0.2, 0.25) is 0 Å². The van der Waals surface area contributed by atoms with Crippen LogP contribution in [-0.2, 0) is 0 Å². The van der Waals surface area contributed by atoms with Crippen molar-refractivity contribution in [3.63, 3.8) is 0 Å². The normalized spacial score (nSPS) is 12.3. The Bertz CT molecular complexity index is 479. The Kier molecular flexibility index (Phi) is 4.48. The molecule has 1 N–H and O–H groups in total. The summed E-state index contributed by atoms with van der Waals surface area (Å²) in [6.45, 7) is 5.32. The molecule has 0 amide bonds. The molecule has 94 valence electrons. The largest absolute Gasteiger partial charge is 0.306 e. The SMILES string of the molecule is CCCNC(c1ccccc1)c1ccncc1C. The van der Waals surface area contributed by atoms with Crippen molar-refractivity contribution in [1.29, 1.82) is 0 Å². The third-order valence-electron chi connectivity index (χ3n) is 3.11. The second kappa shape index (κ2) is 6.31. The zero-order chi connectivity index (χ0) is 12.8. The Morgan fingerprint density at radius 2 is 1.94 bits per heavy atom. The van der Waals surface area contributed by atoms with E-state index in [2.05, 4.69) is 60.5 Å². The molecule has 2 heteroatoms. The minimum absolute atomic E-state index is 0.258. The molecule has 1 unspecified atom stereocenters. The first-order valence-electron chi connectivity index (χ1n) is 6.51. The van der Waals surface area contributed by atoms with Gasteiger partial charge in [0.1, 0.15) is 0 Å². The van der Waals surface area contributed by atoms with Crippen molar-refractivity contribution < 1.29 is 0 Å². The highest BCUT2D eigenvalue weighted by molar-refractivity contribution is 5.34. The summed E-state index contributed by atoms with van der Waals surface area (Å²) < 4.78 is 0. The van der Waals surface area contributed by atoms with E-state index in [-0.39, 0.29) is 6.04 Å².